The van der Waals surface area contributed by atoms with Gasteiger partial charge in [0.1, 0.15) is 0 Å². The van der Waals surface area contributed by atoms with Gasteiger partial charge >= 0.3 is 18.7 Å². The summed E-state index contributed by atoms with van der Waals surface area (Å²) in [5.74, 6) is -0.211. The van der Waals surface area contributed by atoms with E-state index in [-0.39, 0.29) is 5.88 Å². The van der Waals surface area contributed by atoms with Crippen LogP contribution >= 0.6 is 8.25 Å². The van der Waals surface area contributed by atoms with Crippen molar-refractivity contribution in [3.8, 4) is 5.88 Å². The van der Waals surface area contributed by atoms with Crippen LogP contribution in [0.2, 0.25) is 0 Å². The molecular formula is C3H4N2O6PS+. The van der Waals surface area contributed by atoms with Crippen LogP contribution in [0.1, 0.15) is 0 Å². The highest BCUT2D eigenvalue weighted by Crippen LogP contribution is 2.20. The van der Waals surface area contributed by atoms with Crippen molar-refractivity contribution in [2.24, 2.45) is 0 Å². The third kappa shape index (κ3) is 3.47. The van der Waals surface area contributed by atoms with Crippen LogP contribution in [0.25, 0.3) is 0 Å². The molecule has 0 spiro atoms. The quantitative estimate of drug-likeness (QED) is 0.677. The molecule has 0 aliphatic rings. The molecule has 0 aliphatic carbocycles. The number of rotatable bonds is 4. The summed E-state index contributed by atoms with van der Waals surface area (Å²) in [6, 6.07) is 1.20. The summed E-state index contributed by atoms with van der Waals surface area (Å²) in [6.45, 7) is 0. The molecule has 0 saturated heterocycles. The summed E-state index contributed by atoms with van der Waals surface area (Å²) in [5.41, 5.74) is 0. The van der Waals surface area contributed by atoms with E-state index in [1.54, 1.807) is 0 Å². The molecule has 10 heteroatoms. The van der Waals surface area contributed by atoms with E-state index in [2.05, 4.69) is 18.4 Å². The standard InChI is InChI=1S/C3H3N2O6PS/c6-12(7)11-13(8,9)10-3-1-2-4-5-3/h1-2H,(H-,4,5,6,7)/p+1. The highest BCUT2D eigenvalue weighted by atomic mass is 32.3. The van der Waals surface area contributed by atoms with Gasteiger partial charge in [0.25, 0.3) is 0 Å². The van der Waals surface area contributed by atoms with Gasteiger partial charge in [-0.05, 0) is 0 Å². The first-order valence-electron chi connectivity index (χ1n) is 2.79. The van der Waals surface area contributed by atoms with E-state index in [1.165, 1.54) is 12.3 Å². The molecule has 2 N–H and O–H groups in total. The van der Waals surface area contributed by atoms with Crippen LogP contribution in [0.5, 0.6) is 5.88 Å². The predicted molar refractivity (Wildman–Crippen MR) is 39.0 cm³/mol. The van der Waals surface area contributed by atoms with Crippen molar-refractivity contribution < 1.29 is 26.0 Å². The number of hydrogen-bond acceptors (Lipinski definition) is 6. The zero-order chi connectivity index (χ0) is 9.90. The third-order valence-corrected chi connectivity index (χ3v) is 2.45. The van der Waals surface area contributed by atoms with E-state index in [4.69, 9.17) is 4.89 Å². The molecule has 1 aromatic rings. The Morgan fingerprint density at radius 2 is 2.31 bits per heavy atom. The summed E-state index contributed by atoms with van der Waals surface area (Å²) in [7, 11) is -7.78. The van der Waals surface area contributed by atoms with Crippen LogP contribution in [0, 0.1) is 0 Å². The van der Waals surface area contributed by atoms with Crippen molar-refractivity contribution in [2.75, 3.05) is 0 Å². The lowest BCUT2D eigenvalue weighted by Crippen LogP contribution is -2.09. The van der Waals surface area contributed by atoms with Crippen LogP contribution < -0.4 is 4.18 Å². The summed E-state index contributed by atoms with van der Waals surface area (Å²) >= 11 is 0. The number of aromatic amines is 1. The van der Waals surface area contributed by atoms with Gasteiger partial charge < -0.3 is 4.18 Å². The molecule has 0 aromatic carbocycles. The van der Waals surface area contributed by atoms with Crippen LogP contribution in [0.3, 0.4) is 0 Å². The second-order valence-corrected chi connectivity index (χ2v) is 3.78. The largest absolute Gasteiger partial charge is 0.714 e. The van der Waals surface area contributed by atoms with Crippen molar-refractivity contribution >= 4 is 18.7 Å². The van der Waals surface area contributed by atoms with Gasteiger partial charge in [-0.25, -0.2) is 5.10 Å². The highest BCUT2D eigenvalue weighted by molar-refractivity contribution is 7.85. The maximum atomic E-state index is 10.7. The van der Waals surface area contributed by atoms with Crippen molar-refractivity contribution in [3.05, 3.63) is 12.3 Å². The van der Waals surface area contributed by atoms with Crippen LogP contribution in [-0.4, -0.2) is 23.5 Å². The average molecular weight is 227 g/mol. The molecule has 8 nitrogen and oxygen atoms in total. The molecule has 0 aliphatic heterocycles. The number of aromatic nitrogens is 2. The van der Waals surface area contributed by atoms with Crippen molar-refractivity contribution in [1.82, 2.24) is 10.2 Å². The van der Waals surface area contributed by atoms with E-state index in [9.17, 15) is 13.0 Å². The second-order valence-electron chi connectivity index (χ2n) is 1.72. The second kappa shape index (κ2) is 3.79. The fraction of sp³-hybridized carbons (Fsp3) is 0. The van der Waals surface area contributed by atoms with E-state index in [0.29, 0.717) is 0 Å². The number of hydrogen-bond donors (Lipinski definition) is 2. The molecule has 72 valence electrons. The fourth-order valence-corrected chi connectivity index (χ4v) is 1.55. The monoisotopic (exact) mass is 227 g/mol. The lowest BCUT2D eigenvalue weighted by atomic mass is 10.7. The van der Waals surface area contributed by atoms with Crippen LogP contribution in [0.4, 0.5) is 0 Å². The van der Waals surface area contributed by atoms with Gasteiger partial charge in [-0.2, -0.15) is 13.5 Å². The smallest absolute Gasteiger partial charge is 0.339 e. The van der Waals surface area contributed by atoms with Gasteiger partial charge in [-0.15, -0.1) is 4.89 Å². The van der Waals surface area contributed by atoms with E-state index in [0.717, 1.165) is 0 Å². The molecule has 0 fully saturated rings. The van der Waals surface area contributed by atoms with Gasteiger partial charge in [0.2, 0.25) is 5.88 Å². The third-order valence-electron chi connectivity index (χ3n) is 0.822. The van der Waals surface area contributed by atoms with Gasteiger partial charge in [0.05, 0.1) is 10.2 Å². The first-order valence-corrected chi connectivity index (χ1v) is 5.25. The minimum Gasteiger partial charge on any atom is -0.339 e. The van der Waals surface area contributed by atoms with Gasteiger partial charge in [-0.3, -0.25) is 0 Å². The minimum absolute atomic E-state index is 0.211. The first kappa shape index (κ1) is 10.1. The molecular weight excluding hydrogens is 223 g/mol. The zero-order valence-electron chi connectivity index (χ0n) is 5.95. The molecule has 0 amide bonds. The van der Waals surface area contributed by atoms with Crippen molar-refractivity contribution in [2.45, 2.75) is 0 Å². The normalized spacial score (nSPS) is 12.5. The maximum absolute atomic E-state index is 10.7. The maximum Gasteiger partial charge on any atom is 0.714 e. The number of nitrogens with one attached hydrogen (secondary N) is 1. The molecule has 1 aromatic heterocycles. The molecule has 0 saturated carbocycles. The summed E-state index contributed by atoms with van der Waals surface area (Å²) < 4.78 is 39.0. The Balaban J connectivity index is 2.68. The predicted octanol–water partition coefficient (Wildman–Crippen LogP) is -0.300. The molecule has 1 heterocycles. The lowest BCUT2D eigenvalue weighted by Gasteiger charge is -1.94. The molecule has 13 heavy (non-hydrogen) atoms. The first-order chi connectivity index (χ1) is 5.99. The van der Waals surface area contributed by atoms with Gasteiger partial charge in [0.15, 0.2) is 0 Å². The summed E-state index contributed by atoms with van der Waals surface area (Å²) in [5, 5.41) is 5.54. The zero-order valence-corrected chi connectivity index (χ0v) is 7.66. The Bertz CT molecular complexity index is 384. The molecule has 1 atom stereocenters. The fourth-order valence-electron chi connectivity index (χ4n) is 0.493. The van der Waals surface area contributed by atoms with E-state index >= 15 is 0 Å². The number of nitrogens with zero attached hydrogens (tertiary/aromatic N) is 1. The topological polar surface area (TPSA) is 119 Å². The lowest BCUT2D eigenvalue weighted by molar-refractivity contribution is 0.357. The van der Waals surface area contributed by atoms with Gasteiger partial charge in [-0.1, -0.05) is 0 Å². The molecule has 1 rings (SSSR count). The minimum atomic E-state index is -4.51. The van der Waals surface area contributed by atoms with Crippen LogP contribution in [0.15, 0.2) is 12.3 Å². The highest BCUT2D eigenvalue weighted by Gasteiger charge is 2.29. The molecule has 1 unspecified atom stereocenters. The summed E-state index contributed by atoms with van der Waals surface area (Å²) in [6.07, 6.45) is 1.24. The number of H-pyrrole nitrogens is 1. The molecule has 0 bridgehead atoms. The Labute approximate surface area is 73.8 Å². The SMILES string of the molecule is O=[P+](O)OS(=O)(=O)Oc1ccn[nH]1. The molecule has 0 radical (unpaired) electrons. The summed E-state index contributed by atoms with van der Waals surface area (Å²) in [4.78, 5) is 8.12. The van der Waals surface area contributed by atoms with Crippen molar-refractivity contribution in [3.63, 3.8) is 0 Å². The Morgan fingerprint density at radius 3 is 2.77 bits per heavy atom. The van der Waals surface area contributed by atoms with Gasteiger partial charge in [0, 0.05) is 10.6 Å². The Kier molecular flexibility index (Phi) is 2.94. The average Bonchev–Trinajstić information content (AvgIpc) is 2.34. The van der Waals surface area contributed by atoms with Crippen LogP contribution in [-0.2, 0) is 18.9 Å². The van der Waals surface area contributed by atoms with E-state index < -0.39 is 18.7 Å². The van der Waals surface area contributed by atoms with Crippen molar-refractivity contribution in [1.29, 1.82) is 0 Å². The Hall–Kier alpha value is -1.02. The Morgan fingerprint density at radius 1 is 1.62 bits per heavy atom. The van der Waals surface area contributed by atoms with E-state index in [1.807, 2.05) is 0 Å².